The highest BCUT2D eigenvalue weighted by molar-refractivity contribution is 6.31. The lowest BCUT2D eigenvalue weighted by atomic mass is 10.1. The van der Waals surface area contributed by atoms with Crippen molar-refractivity contribution in [1.29, 1.82) is 0 Å². The molecule has 0 atom stereocenters. The number of rotatable bonds is 3. The van der Waals surface area contributed by atoms with Crippen molar-refractivity contribution < 1.29 is 18.8 Å². The molecule has 2 aromatic rings. The van der Waals surface area contributed by atoms with E-state index in [1.165, 1.54) is 25.0 Å². The van der Waals surface area contributed by atoms with Crippen LogP contribution in [-0.4, -0.2) is 32.6 Å². The Morgan fingerprint density at radius 1 is 1.00 bits per heavy atom. The topological polar surface area (TPSA) is 66.5 Å². The minimum atomic E-state index is -0.281. The van der Waals surface area contributed by atoms with Gasteiger partial charge in [-0.05, 0) is 55.7 Å². The van der Waals surface area contributed by atoms with E-state index in [9.17, 15) is 9.18 Å². The molecule has 1 N–H and O–H groups in total. The molecular formula is C22H26ClFN2O3. The number of halogens is 2. The summed E-state index contributed by atoms with van der Waals surface area (Å²) >= 11 is 6.10. The van der Waals surface area contributed by atoms with Crippen LogP contribution in [-0.2, 0) is 9.59 Å². The predicted molar refractivity (Wildman–Crippen MR) is 115 cm³/mol. The molecule has 0 spiro atoms. The van der Waals surface area contributed by atoms with Crippen LogP contribution in [0.25, 0.3) is 0 Å². The van der Waals surface area contributed by atoms with Crippen molar-refractivity contribution >= 4 is 42.5 Å². The molecule has 1 fully saturated rings. The molecule has 3 rings (SSSR count). The smallest absolute Gasteiger partial charge is 0.255 e. The summed E-state index contributed by atoms with van der Waals surface area (Å²) in [5.41, 5.74) is 2.53. The number of carbonyl (C=O) groups excluding carboxylic acids is 3. The molecule has 1 aliphatic heterocycles. The van der Waals surface area contributed by atoms with Gasteiger partial charge in [0.25, 0.3) is 5.91 Å². The summed E-state index contributed by atoms with van der Waals surface area (Å²) in [6.45, 7) is 7.56. The summed E-state index contributed by atoms with van der Waals surface area (Å²) in [5.74, 6) is -0.548. The van der Waals surface area contributed by atoms with Crippen molar-refractivity contribution in [2.75, 3.05) is 23.3 Å². The maximum Gasteiger partial charge on any atom is 0.255 e. The lowest BCUT2D eigenvalue weighted by molar-refractivity contribution is -0.0987. The fourth-order valence-corrected chi connectivity index (χ4v) is 3.26. The lowest BCUT2D eigenvalue weighted by Gasteiger charge is -2.23. The first-order chi connectivity index (χ1) is 14.0. The summed E-state index contributed by atoms with van der Waals surface area (Å²) in [7, 11) is 0. The van der Waals surface area contributed by atoms with Crippen LogP contribution in [0.15, 0.2) is 36.4 Å². The van der Waals surface area contributed by atoms with E-state index >= 15 is 0 Å². The van der Waals surface area contributed by atoms with Gasteiger partial charge in [0.15, 0.2) is 0 Å². The van der Waals surface area contributed by atoms with Gasteiger partial charge in [-0.15, -0.1) is 0 Å². The third-order valence-corrected chi connectivity index (χ3v) is 4.99. The Morgan fingerprint density at radius 2 is 1.62 bits per heavy atom. The first-order valence-corrected chi connectivity index (χ1v) is 9.62. The predicted octanol–water partition coefficient (Wildman–Crippen LogP) is 5.05. The number of aryl methyl sites for hydroxylation is 1. The number of amides is 1. The van der Waals surface area contributed by atoms with Crippen LogP contribution in [0, 0.1) is 12.7 Å². The fourth-order valence-electron chi connectivity index (χ4n) is 3.08. The van der Waals surface area contributed by atoms with E-state index in [1.807, 2.05) is 31.5 Å². The summed E-state index contributed by atoms with van der Waals surface area (Å²) in [4.78, 5) is 30.6. The molecule has 0 aromatic heterocycles. The maximum atomic E-state index is 14.3. The Hall–Kier alpha value is -2.73. The van der Waals surface area contributed by atoms with Gasteiger partial charge in [-0.3, -0.25) is 4.79 Å². The molecule has 0 saturated carbocycles. The van der Waals surface area contributed by atoms with Crippen LogP contribution in [0.5, 0.6) is 0 Å². The van der Waals surface area contributed by atoms with E-state index in [-0.39, 0.29) is 11.7 Å². The lowest BCUT2D eigenvalue weighted by Crippen LogP contribution is -2.25. The van der Waals surface area contributed by atoms with Gasteiger partial charge in [-0.25, -0.2) is 4.39 Å². The average Bonchev–Trinajstić information content (AvgIpc) is 3.03. The highest BCUT2D eigenvalue weighted by atomic mass is 35.5. The molecule has 2 aromatic carbocycles. The van der Waals surface area contributed by atoms with Crippen molar-refractivity contribution in [2.45, 2.75) is 32.6 Å². The number of carbonyl (C=O) groups is 3. The van der Waals surface area contributed by atoms with Gasteiger partial charge >= 0.3 is 0 Å². The molecule has 156 valence electrons. The van der Waals surface area contributed by atoms with Crippen molar-refractivity contribution in [1.82, 2.24) is 0 Å². The summed E-state index contributed by atoms with van der Waals surface area (Å²) in [6, 6.07) is 9.91. The molecule has 29 heavy (non-hydrogen) atoms. The Bertz CT molecular complexity index is 807. The van der Waals surface area contributed by atoms with Gasteiger partial charge in [-0.1, -0.05) is 30.5 Å². The minimum absolute atomic E-state index is 0.268. The van der Waals surface area contributed by atoms with E-state index < -0.39 is 0 Å². The molecule has 0 aliphatic carbocycles. The second-order valence-corrected chi connectivity index (χ2v) is 6.89. The Morgan fingerprint density at radius 3 is 2.21 bits per heavy atom. The number of hydrogen-bond acceptors (Lipinski definition) is 4. The van der Waals surface area contributed by atoms with Crippen LogP contribution >= 0.6 is 11.6 Å². The van der Waals surface area contributed by atoms with E-state index in [0.717, 1.165) is 31.5 Å². The molecule has 7 heteroatoms. The number of nitrogens with one attached hydrogen (secondary N) is 1. The highest BCUT2D eigenvalue weighted by Crippen LogP contribution is 2.25. The third kappa shape index (κ3) is 6.98. The zero-order valence-corrected chi connectivity index (χ0v) is 17.3. The molecule has 0 bridgehead atoms. The number of nitrogens with zero attached hydrogens (tertiary/aromatic N) is 1. The molecule has 0 radical (unpaired) electrons. The zero-order valence-electron chi connectivity index (χ0n) is 16.5. The quantitative estimate of drug-likeness (QED) is 0.754. The third-order valence-electron chi connectivity index (χ3n) is 4.58. The van der Waals surface area contributed by atoms with Gasteiger partial charge in [0.1, 0.15) is 19.4 Å². The van der Waals surface area contributed by atoms with Crippen LogP contribution < -0.4 is 10.2 Å². The normalized spacial score (nSPS) is 13.1. The van der Waals surface area contributed by atoms with Crippen LogP contribution in [0.2, 0.25) is 5.02 Å². The Kier molecular flexibility index (Phi) is 10.6. The van der Waals surface area contributed by atoms with Crippen molar-refractivity contribution in [3.05, 3.63) is 58.4 Å². The maximum absolute atomic E-state index is 14.3. The van der Waals surface area contributed by atoms with Gasteiger partial charge in [0.05, 0.1) is 5.69 Å². The SMILES string of the molecule is C=O.C=O.Cc1ccc(NC(=O)c2ccc(F)c(N3CCCCCC3)c2)cc1Cl. The first-order valence-electron chi connectivity index (χ1n) is 9.24. The average molecular weight is 421 g/mol. The second kappa shape index (κ2) is 12.7. The van der Waals surface area contributed by atoms with E-state index in [1.54, 1.807) is 18.2 Å². The summed E-state index contributed by atoms with van der Waals surface area (Å²) in [5, 5.41) is 3.42. The molecule has 5 nitrogen and oxygen atoms in total. The zero-order chi connectivity index (χ0) is 21.8. The minimum Gasteiger partial charge on any atom is -0.369 e. The van der Waals surface area contributed by atoms with Crippen molar-refractivity contribution in [2.24, 2.45) is 0 Å². The number of anilines is 2. The number of benzene rings is 2. The molecular weight excluding hydrogens is 395 g/mol. The van der Waals surface area contributed by atoms with E-state index in [0.29, 0.717) is 22.0 Å². The molecule has 1 aliphatic rings. The van der Waals surface area contributed by atoms with E-state index in [4.69, 9.17) is 21.2 Å². The second-order valence-electron chi connectivity index (χ2n) is 6.49. The first kappa shape index (κ1) is 24.3. The molecule has 1 heterocycles. The highest BCUT2D eigenvalue weighted by Gasteiger charge is 2.17. The Labute approximate surface area is 175 Å². The monoisotopic (exact) mass is 420 g/mol. The van der Waals surface area contributed by atoms with Crippen LogP contribution in [0.3, 0.4) is 0 Å². The van der Waals surface area contributed by atoms with Crippen LogP contribution in [0.1, 0.15) is 41.6 Å². The van der Waals surface area contributed by atoms with Crippen molar-refractivity contribution in [3.8, 4) is 0 Å². The van der Waals surface area contributed by atoms with Crippen LogP contribution in [0.4, 0.5) is 15.8 Å². The van der Waals surface area contributed by atoms with Gasteiger partial charge in [-0.2, -0.15) is 0 Å². The molecule has 1 saturated heterocycles. The Balaban J connectivity index is 0.000000989. The summed E-state index contributed by atoms with van der Waals surface area (Å²) < 4.78 is 14.3. The van der Waals surface area contributed by atoms with Gasteiger partial charge in [0.2, 0.25) is 0 Å². The van der Waals surface area contributed by atoms with Gasteiger partial charge in [0, 0.05) is 29.4 Å². The van der Waals surface area contributed by atoms with E-state index in [2.05, 4.69) is 5.32 Å². The largest absolute Gasteiger partial charge is 0.369 e. The van der Waals surface area contributed by atoms with Gasteiger partial charge < -0.3 is 19.8 Å². The standard InChI is InChI=1S/C20H22ClFN2O.2CH2O/c1-14-6-8-16(13-17(14)21)23-20(25)15-7-9-18(22)19(12-15)24-10-4-2-3-5-11-24;2*1-2/h6-9,12-13H,2-5,10-11H2,1H3,(H,23,25);2*1H2. The molecule has 0 unspecified atom stereocenters. The molecule has 1 amide bonds. The summed E-state index contributed by atoms with van der Waals surface area (Å²) in [6.07, 6.45) is 4.45. The number of hydrogen-bond donors (Lipinski definition) is 1. The fraction of sp³-hybridized carbons (Fsp3) is 0.318. The van der Waals surface area contributed by atoms with Crippen molar-refractivity contribution in [3.63, 3.8) is 0 Å².